The second kappa shape index (κ2) is 11.3. The molecule has 0 spiro atoms. The Balaban J connectivity index is 1.25. The lowest BCUT2D eigenvalue weighted by molar-refractivity contribution is -0.137. The Kier molecular flexibility index (Phi) is 6.74. The van der Waals surface area contributed by atoms with Gasteiger partial charge in [0.25, 0.3) is 0 Å². The molecule has 3 aromatic heterocycles. The number of esters is 1. The fourth-order valence-corrected chi connectivity index (χ4v) is 9.46. The van der Waals surface area contributed by atoms with Gasteiger partial charge in [0, 0.05) is 57.2 Å². The van der Waals surface area contributed by atoms with Crippen molar-refractivity contribution in [2.75, 3.05) is 6.61 Å². The summed E-state index contributed by atoms with van der Waals surface area (Å²) in [5.74, 6) is -0.671. The Bertz CT molecular complexity index is 2610. The smallest absolute Gasteiger partial charge is 0.330 e. The molecule has 48 heavy (non-hydrogen) atoms. The average molecular weight is 658 g/mol. The van der Waals surface area contributed by atoms with Crippen molar-refractivity contribution in [2.24, 2.45) is 0 Å². The number of hydrogen-bond donors (Lipinski definition) is 0. The molecule has 0 radical (unpaired) electrons. The fraction of sp³-hybridized carbons (Fsp3) is 0.0476. The number of carbonyl (C=O) groups is 2. The Morgan fingerprint density at radius 1 is 0.604 bits per heavy atom. The zero-order valence-electron chi connectivity index (χ0n) is 25.7. The maximum atomic E-state index is 13.8. The van der Waals surface area contributed by atoms with Gasteiger partial charge in [0.05, 0.1) is 17.5 Å². The summed E-state index contributed by atoms with van der Waals surface area (Å²) < 4.78 is 12.0. The van der Waals surface area contributed by atoms with Crippen molar-refractivity contribution in [3.8, 4) is 22.3 Å². The largest absolute Gasteiger partial charge is 0.462 e. The Labute approximate surface area is 283 Å². The molecule has 4 nitrogen and oxygen atoms in total. The van der Waals surface area contributed by atoms with Crippen LogP contribution in [-0.4, -0.2) is 23.1 Å². The maximum absolute atomic E-state index is 13.8. The predicted octanol–water partition coefficient (Wildman–Crippen LogP) is 11.6. The van der Waals surface area contributed by atoms with Gasteiger partial charge in [-0.3, -0.25) is 9.36 Å². The van der Waals surface area contributed by atoms with E-state index in [4.69, 9.17) is 4.74 Å². The molecule has 9 rings (SSSR count). The van der Waals surface area contributed by atoms with E-state index >= 15 is 0 Å². The predicted molar refractivity (Wildman–Crippen MR) is 202 cm³/mol. The third kappa shape index (κ3) is 4.48. The molecule has 230 valence electrons. The van der Waals surface area contributed by atoms with Crippen molar-refractivity contribution >= 4 is 96.7 Å². The summed E-state index contributed by atoms with van der Waals surface area (Å²) >= 11 is 3.62. The average Bonchev–Trinajstić information content (AvgIpc) is 3.80. The quantitative estimate of drug-likeness (QED) is 0.132. The highest BCUT2D eigenvalue weighted by Gasteiger charge is 2.20. The Morgan fingerprint density at radius 2 is 1.10 bits per heavy atom. The molecule has 9 aromatic rings. The summed E-state index contributed by atoms with van der Waals surface area (Å²) in [6, 6.07) is 42.9. The number of rotatable bonds is 6. The number of thiophene rings is 2. The minimum absolute atomic E-state index is 0.0110. The standard InChI is InChI=1S/C42H27NO3S2/c1-2-40(45)46-22-21-39(44)43-35-19-17-25(27-11-7-13-31-29-9-3-5-15-37(29)47-41(27)31)23-33(35)34-24-26(18-20-36(34)43)28-12-8-14-32-30-10-4-6-16-38(30)48-42(28)32/h2-20,23-24H,1,21-22H2. The summed E-state index contributed by atoms with van der Waals surface area (Å²) in [6.07, 6.45) is 1.17. The minimum atomic E-state index is -0.537. The molecule has 0 aliphatic rings. The van der Waals surface area contributed by atoms with Crippen LogP contribution in [0, 0.1) is 0 Å². The third-order valence-corrected chi connectivity index (χ3v) is 11.6. The Hall–Kier alpha value is -5.56. The lowest BCUT2D eigenvalue weighted by Crippen LogP contribution is -2.14. The number of hydrogen-bond acceptors (Lipinski definition) is 5. The molecule has 0 amide bonds. The lowest BCUT2D eigenvalue weighted by Gasteiger charge is -2.08. The van der Waals surface area contributed by atoms with Crippen molar-refractivity contribution in [3.05, 3.63) is 134 Å². The molecular formula is C42H27NO3S2. The molecule has 0 unspecified atom stereocenters. The van der Waals surface area contributed by atoms with Crippen molar-refractivity contribution in [3.63, 3.8) is 0 Å². The van der Waals surface area contributed by atoms with Crippen molar-refractivity contribution in [1.29, 1.82) is 0 Å². The van der Waals surface area contributed by atoms with Crippen LogP contribution in [0.3, 0.4) is 0 Å². The topological polar surface area (TPSA) is 48.3 Å². The van der Waals surface area contributed by atoms with Gasteiger partial charge in [-0.2, -0.15) is 0 Å². The SMILES string of the molecule is C=CC(=O)OCCC(=O)n1c2ccc(-c3cccc4c3sc3ccccc34)cc2c2cc(-c3cccc4c3sc3ccccc34)ccc21. The van der Waals surface area contributed by atoms with E-state index in [0.29, 0.717) is 0 Å². The molecule has 0 N–H and O–H groups in total. The molecule has 0 atom stereocenters. The van der Waals surface area contributed by atoms with Crippen LogP contribution in [0.15, 0.2) is 134 Å². The van der Waals surface area contributed by atoms with Gasteiger partial charge in [-0.25, -0.2) is 4.79 Å². The summed E-state index contributed by atoms with van der Waals surface area (Å²) in [6.45, 7) is 3.44. The second-order valence-corrected chi connectivity index (χ2v) is 14.0. The summed E-state index contributed by atoms with van der Waals surface area (Å²) in [4.78, 5) is 25.5. The number of ether oxygens (including phenoxy) is 1. The molecule has 0 saturated heterocycles. The van der Waals surface area contributed by atoms with E-state index in [1.165, 1.54) is 51.5 Å². The molecule has 6 aromatic carbocycles. The molecule has 0 fully saturated rings. The van der Waals surface area contributed by atoms with Crippen LogP contribution in [0.1, 0.15) is 11.2 Å². The zero-order chi connectivity index (χ0) is 32.4. The van der Waals surface area contributed by atoms with Gasteiger partial charge in [-0.05, 0) is 58.7 Å². The number of aromatic nitrogens is 1. The van der Waals surface area contributed by atoms with Gasteiger partial charge in [0.15, 0.2) is 0 Å². The summed E-state index contributed by atoms with van der Waals surface area (Å²) in [5.41, 5.74) is 6.20. The van der Waals surface area contributed by atoms with E-state index < -0.39 is 5.97 Å². The molecule has 0 bridgehead atoms. The first-order valence-electron chi connectivity index (χ1n) is 15.8. The monoisotopic (exact) mass is 657 g/mol. The molecule has 0 aliphatic carbocycles. The number of nitrogens with zero attached hydrogens (tertiary/aromatic N) is 1. The van der Waals surface area contributed by atoms with E-state index in [-0.39, 0.29) is 18.9 Å². The van der Waals surface area contributed by atoms with E-state index in [2.05, 4.69) is 128 Å². The van der Waals surface area contributed by atoms with E-state index in [1.54, 1.807) is 4.57 Å². The van der Waals surface area contributed by atoms with E-state index in [0.717, 1.165) is 39.0 Å². The molecule has 0 aliphatic heterocycles. The highest BCUT2D eigenvalue weighted by Crippen LogP contribution is 2.43. The van der Waals surface area contributed by atoms with Crippen LogP contribution >= 0.6 is 22.7 Å². The lowest BCUT2D eigenvalue weighted by atomic mass is 9.98. The van der Waals surface area contributed by atoms with Gasteiger partial charge in [0.1, 0.15) is 6.61 Å². The van der Waals surface area contributed by atoms with Crippen LogP contribution in [0.5, 0.6) is 0 Å². The maximum Gasteiger partial charge on any atom is 0.330 e. The van der Waals surface area contributed by atoms with Crippen molar-refractivity contribution in [1.82, 2.24) is 4.57 Å². The van der Waals surface area contributed by atoms with Crippen LogP contribution < -0.4 is 0 Å². The van der Waals surface area contributed by atoms with Gasteiger partial charge >= 0.3 is 5.97 Å². The first-order valence-corrected chi connectivity index (χ1v) is 17.4. The summed E-state index contributed by atoms with van der Waals surface area (Å²) in [7, 11) is 0. The van der Waals surface area contributed by atoms with E-state index in [9.17, 15) is 9.59 Å². The number of benzene rings is 6. The van der Waals surface area contributed by atoms with Crippen LogP contribution in [0.2, 0.25) is 0 Å². The Morgan fingerprint density at radius 3 is 1.62 bits per heavy atom. The number of carbonyl (C=O) groups excluding carboxylic acids is 2. The van der Waals surface area contributed by atoms with Gasteiger partial charge in [-0.15, -0.1) is 22.7 Å². The molecule has 0 saturated carbocycles. The molecule has 3 heterocycles. The molecular weight excluding hydrogens is 631 g/mol. The van der Waals surface area contributed by atoms with Gasteiger partial charge < -0.3 is 4.74 Å². The van der Waals surface area contributed by atoms with E-state index in [1.807, 2.05) is 22.7 Å². The van der Waals surface area contributed by atoms with Crippen molar-refractivity contribution < 1.29 is 14.3 Å². The first-order chi connectivity index (χ1) is 23.6. The first kappa shape index (κ1) is 28.6. The van der Waals surface area contributed by atoms with Crippen LogP contribution in [0.25, 0.3) is 84.4 Å². The second-order valence-electron chi connectivity index (χ2n) is 11.9. The highest BCUT2D eigenvalue weighted by atomic mass is 32.1. The summed E-state index contributed by atoms with van der Waals surface area (Å²) in [5, 5.41) is 7.03. The van der Waals surface area contributed by atoms with Crippen LogP contribution in [-0.2, 0) is 9.53 Å². The fourth-order valence-electron chi connectivity index (χ4n) is 6.99. The minimum Gasteiger partial charge on any atom is -0.462 e. The number of fused-ring (bicyclic) bond motifs is 9. The third-order valence-electron chi connectivity index (χ3n) is 9.17. The zero-order valence-corrected chi connectivity index (χ0v) is 27.4. The van der Waals surface area contributed by atoms with Gasteiger partial charge in [-0.1, -0.05) is 91.5 Å². The van der Waals surface area contributed by atoms with Crippen molar-refractivity contribution in [2.45, 2.75) is 6.42 Å². The van der Waals surface area contributed by atoms with Crippen LogP contribution in [0.4, 0.5) is 0 Å². The molecule has 6 heteroatoms. The van der Waals surface area contributed by atoms with Gasteiger partial charge in [0.2, 0.25) is 5.91 Å². The highest BCUT2D eigenvalue weighted by molar-refractivity contribution is 7.26. The normalized spacial score (nSPS) is 11.8.